The molecule has 0 saturated heterocycles. The number of non-ortho nitro benzene ring substituents is 1. The van der Waals surface area contributed by atoms with Crippen LogP contribution >= 0.6 is 23.4 Å². The van der Waals surface area contributed by atoms with Crippen LogP contribution in [0.5, 0.6) is 11.5 Å². The van der Waals surface area contributed by atoms with Crippen molar-refractivity contribution >= 4 is 40.6 Å². The minimum Gasteiger partial charge on any atom is -0.490 e. The predicted molar refractivity (Wildman–Crippen MR) is 134 cm³/mol. The summed E-state index contributed by atoms with van der Waals surface area (Å²) in [4.78, 5) is 22.9. The van der Waals surface area contributed by atoms with Gasteiger partial charge in [0.05, 0.1) is 28.0 Å². The fourth-order valence-electron chi connectivity index (χ4n) is 3.03. The molecule has 2 aromatic carbocycles. The molecule has 184 valence electrons. The van der Waals surface area contributed by atoms with E-state index in [-0.39, 0.29) is 28.8 Å². The zero-order valence-corrected chi connectivity index (χ0v) is 20.8. The summed E-state index contributed by atoms with van der Waals surface area (Å²) in [6.07, 6.45) is 1.69. The summed E-state index contributed by atoms with van der Waals surface area (Å²) >= 11 is 7.21. The molecule has 0 aliphatic rings. The van der Waals surface area contributed by atoms with Crippen LogP contribution < -0.4 is 14.8 Å². The van der Waals surface area contributed by atoms with Gasteiger partial charge < -0.3 is 14.8 Å². The van der Waals surface area contributed by atoms with Gasteiger partial charge in [0, 0.05) is 18.7 Å². The van der Waals surface area contributed by atoms with E-state index in [2.05, 4.69) is 22.1 Å². The first kappa shape index (κ1) is 26.0. The van der Waals surface area contributed by atoms with E-state index in [4.69, 9.17) is 21.1 Å². The molecule has 1 amide bonds. The largest absolute Gasteiger partial charge is 0.490 e. The minimum atomic E-state index is -0.559. The number of amides is 1. The third-order valence-corrected chi connectivity index (χ3v) is 5.92. The van der Waals surface area contributed by atoms with Gasteiger partial charge in [-0.2, -0.15) is 0 Å². The van der Waals surface area contributed by atoms with Crippen molar-refractivity contribution in [2.75, 3.05) is 17.7 Å². The molecule has 0 atom stereocenters. The number of anilines is 1. The van der Waals surface area contributed by atoms with Crippen LogP contribution in [-0.2, 0) is 17.9 Å². The first-order valence-electron chi connectivity index (χ1n) is 10.6. The lowest BCUT2D eigenvalue weighted by molar-refractivity contribution is -0.384. The number of ether oxygens (including phenoxy) is 2. The molecule has 0 aliphatic carbocycles. The number of rotatable bonds is 12. The molecule has 1 aromatic heterocycles. The lowest BCUT2D eigenvalue weighted by Crippen LogP contribution is -2.15. The number of hydrogen-bond acceptors (Lipinski definition) is 8. The number of carbonyl (C=O) groups is 1. The number of nitrogens with one attached hydrogen (secondary N) is 1. The summed E-state index contributed by atoms with van der Waals surface area (Å²) in [6, 6.07) is 9.51. The topological polar surface area (TPSA) is 121 Å². The molecule has 0 spiro atoms. The Hall–Kier alpha value is -3.57. The van der Waals surface area contributed by atoms with Crippen molar-refractivity contribution in [2.24, 2.45) is 0 Å². The van der Waals surface area contributed by atoms with Crippen molar-refractivity contribution in [2.45, 2.75) is 32.2 Å². The van der Waals surface area contributed by atoms with Crippen molar-refractivity contribution < 1.29 is 19.2 Å². The Morgan fingerprint density at radius 1 is 1.26 bits per heavy atom. The van der Waals surface area contributed by atoms with Gasteiger partial charge in [-0.25, -0.2) is 0 Å². The maximum absolute atomic E-state index is 12.5. The monoisotopic (exact) mass is 517 g/mol. The van der Waals surface area contributed by atoms with Gasteiger partial charge in [-0.15, -0.1) is 16.8 Å². The molecule has 0 aliphatic heterocycles. The number of carbonyl (C=O) groups excluding carboxylic acids is 1. The second-order valence-electron chi connectivity index (χ2n) is 7.23. The first-order chi connectivity index (χ1) is 16.8. The first-order valence-corrected chi connectivity index (χ1v) is 11.9. The van der Waals surface area contributed by atoms with Gasteiger partial charge in [0.2, 0.25) is 5.91 Å². The standard InChI is InChI=1S/C23H24ClN5O5S/c1-4-10-28-21(13-34-19-9-6-15(3)11-20(19)33-5-2)26-27-23(28)35-14-22(30)25-18-12-16(29(31)32)7-8-17(18)24/h4,6-9,11-12H,1,5,10,13-14H2,2-3H3,(H,25,30). The molecule has 12 heteroatoms. The molecule has 3 aromatic rings. The Labute approximate surface area is 211 Å². The lowest BCUT2D eigenvalue weighted by atomic mass is 10.2. The van der Waals surface area contributed by atoms with Crippen molar-refractivity contribution in [3.8, 4) is 11.5 Å². The number of halogens is 1. The SMILES string of the molecule is C=CCn1c(COc2ccc(C)cc2OCC)nnc1SCC(=O)Nc1cc([N+](=O)[O-])ccc1Cl. The lowest BCUT2D eigenvalue weighted by Gasteiger charge is -2.13. The zero-order valence-electron chi connectivity index (χ0n) is 19.2. The fraction of sp³-hybridized carbons (Fsp3) is 0.261. The number of benzene rings is 2. The Morgan fingerprint density at radius 2 is 2.06 bits per heavy atom. The Balaban J connectivity index is 1.67. The molecular formula is C23H24ClN5O5S. The number of allylic oxidation sites excluding steroid dienone is 1. The van der Waals surface area contributed by atoms with Gasteiger partial charge >= 0.3 is 0 Å². The van der Waals surface area contributed by atoms with Crippen LogP contribution in [0.4, 0.5) is 11.4 Å². The molecule has 1 N–H and O–H groups in total. The highest BCUT2D eigenvalue weighted by molar-refractivity contribution is 7.99. The average Bonchev–Trinajstić information content (AvgIpc) is 3.20. The number of nitro groups is 1. The molecule has 10 nitrogen and oxygen atoms in total. The van der Waals surface area contributed by atoms with E-state index in [1.165, 1.54) is 18.2 Å². The average molecular weight is 518 g/mol. The molecule has 35 heavy (non-hydrogen) atoms. The molecular weight excluding hydrogens is 494 g/mol. The summed E-state index contributed by atoms with van der Waals surface area (Å²) in [5.74, 6) is 1.38. The summed E-state index contributed by atoms with van der Waals surface area (Å²) < 4.78 is 13.4. The van der Waals surface area contributed by atoms with E-state index in [1.54, 1.807) is 10.6 Å². The normalized spacial score (nSPS) is 10.6. The van der Waals surface area contributed by atoms with Crippen LogP contribution in [0.3, 0.4) is 0 Å². The molecule has 0 fully saturated rings. The Morgan fingerprint density at radius 3 is 2.77 bits per heavy atom. The van der Waals surface area contributed by atoms with Crippen molar-refractivity contribution in [3.63, 3.8) is 0 Å². The highest BCUT2D eigenvalue weighted by atomic mass is 35.5. The number of thioether (sulfide) groups is 1. The summed E-state index contributed by atoms with van der Waals surface area (Å²) in [5, 5.41) is 22.6. The predicted octanol–water partition coefficient (Wildman–Crippen LogP) is 5.04. The second kappa shape index (κ2) is 12.2. The van der Waals surface area contributed by atoms with Crippen LogP contribution in [0.1, 0.15) is 18.3 Å². The van der Waals surface area contributed by atoms with E-state index in [9.17, 15) is 14.9 Å². The molecule has 0 bridgehead atoms. The van der Waals surface area contributed by atoms with Crippen LogP contribution in [0.25, 0.3) is 0 Å². The van der Waals surface area contributed by atoms with Crippen LogP contribution in [0, 0.1) is 17.0 Å². The molecule has 3 rings (SSSR count). The number of hydrogen-bond donors (Lipinski definition) is 1. The number of aryl methyl sites for hydroxylation is 1. The van der Waals surface area contributed by atoms with E-state index < -0.39 is 10.8 Å². The molecule has 1 heterocycles. The highest BCUT2D eigenvalue weighted by Crippen LogP contribution is 2.30. The number of nitrogens with zero attached hydrogens (tertiary/aromatic N) is 4. The van der Waals surface area contributed by atoms with E-state index in [0.29, 0.717) is 35.6 Å². The van der Waals surface area contributed by atoms with Crippen LogP contribution in [0.15, 0.2) is 54.2 Å². The van der Waals surface area contributed by atoms with E-state index >= 15 is 0 Å². The Bertz CT molecular complexity index is 1230. The quantitative estimate of drug-likeness (QED) is 0.153. The maximum Gasteiger partial charge on any atom is 0.271 e. The van der Waals surface area contributed by atoms with E-state index in [1.807, 2.05) is 32.0 Å². The zero-order chi connectivity index (χ0) is 25.4. The van der Waals surface area contributed by atoms with Crippen LogP contribution in [0.2, 0.25) is 5.02 Å². The van der Waals surface area contributed by atoms with E-state index in [0.717, 1.165) is 17.3 Å². The van der Waals surface area contributed by atoms with Gasteiger partial charge in [0.25, 0.3) is 5.69 Å². The molecule has 0 saturated carbocycles. The van der Waals surface area contributed by atoms with Gasteiger partial charge in [-0.3, -0.25) is 19.5 Å². The fourth-order valence-corrected chi connectivity index (χ4v) is 3.96. The van der Waals surface area contributed by atoms with Crippen LogP contribution in [-0.4, -0.2) is 38.0 Å². The third-order valence-electron chi connectivity index (χ3n) is 4.63. The maximum atomic E-state index is 12.5. The molecule has 0 unspecified atom stereocenters. The Kier molecular flexibility index (Phi) is 9.10. The van der Waals surface area contributed by atoms with Crippen molar-refractivity contribution in [3.05, 3.63) is 75.6 Å². The summed E-state index contributed by atoms with van der Waals surface area (Å²) in [5.41, 5.74) is 1.05. The highest BCUT2D eigenvalue weighted by Gasteiger charge is 2.17. The summed E-state index contributed by atoms with van der Waals surface area (Å²) in [6.45, 7) is 8.71. The molecule has 0 radical (unpaired) electrons. The number of aromatic nitrogens is 3. The van der Waals surface area contributed by atoms with Gasteiger partial charge in [0.15, 0.2) is 22.5 Å². The van der Waals surface area contributed by atoms with Crippen molar-refractivity contribution in [1.82, 2.24) is 14.8 Å². The smallest absolute Gasteiger partial charge is 0.271 e. The second-order valence-corrected chi connectivity index (χ2v) is 8.58. The minimum absolute atomic E-state index is 0.0123. The summed E-state index contributed by atoms with van der Waals surface area (Å²) in [7, 11) is 0. The number of nitro benzene ring substituents is 1. The van der Waals surface area contributed by atoms with Crippen molar-refractivity contribution in [1.29, 1.82) is 0 Å². The van der Waals surface area contributed by atoms with Gasteiger partial charge in [0.1, 0.15) is 6.61 Å². The third kappa shape index (κ3) is 6.96. The van der Waals surface area contributed by atoms with Gasteiger partial charge in [-0.1, -0.05) is 35.5 Å². The van der Waals surface area contributed by atoms with Gasteiger partial charge in [-0.05, 0) is 37.6 Å².